The maximum atomic E-state index is 12.3. The number of hydrogen-bond acceptors (Lipinski definition) is 5. The van der Waals surface area contributed by atoms with Crippen molar-refractivity contribution in [2.45, 2.75) is 51.5 Å². The van der Waals surface area contributed by atoms with Crippen molar-refractivity contribution >= 4 is 41.1 Å². The number of halogens is 1. The molecule has 3 aromatic rings. The Hall–Kier alpha value is -3.12. The normalized spacial score (nSPS) is 12.8. The number of fused-ring (bicyclic) bond motifs is 2. The zero-order valence-electron chi connectivity index (χ0n) is 19.4. The Balaban J connectivity index is 0.00000324. The summed E-state index contributed by atoms with van der Waals surface area (Å²) in [7, 11) is 0. The zero-order chi connectivity index (χ0) is 22.9. The van der Waals surface area contributed by atoms with E-state index in [2.05, 4.69) is 34.7 Å². The van der Waals surface area contributed by atoms with Gasteiger partial charge in [-0.05, 0) is 62.1 Å². The number of aromatic nitrogens is 1. The summed E-state index contributed by atoms with van der Waals surface area (Å²) in [5, 5.41) is 16.6. The lowest BCUT2D eigenvalue weighted by Gasteiger charge is -2.22. The van der Waals surface area contributed by atoms with Crippen molar-refractivity contribution < 1.29 is 10.0 Å². The molecule has 180 valence electrons. The average Bonchev–Trinajstić information content (AvgIpc) is 2.85. The number of aryl methyl sites for hydroxylation is 1. The average molecular weight is 481 g/mol. The first-order valence-corrected chi connectivity index (χ1v) is 11.9. The van der Waals surface area contributed by atoms with Gasteiger partial charge in [-0.2, -0.15) is 0 Å². The molecule has 7 heteroatoms. The Labute approximate surface area is 207 Å². The van der Waals surface area contributed by atoms with Crippen LogP contribution < -0.4 is 5.32 Å². The highest BCUT2D eigenvalue weighted by atomic mass is 35.5. The largest absolute Gasteiger partial charge is 0.411 e. The molecular formula is C27H33ClN4O2. The molecule has 1 aliphatic carbocycles. The second kappa shape index (κ2) is 12.9. The van der Waals surface area contributed by atoms with E-state index in [0.29, 0.717) is 13.1 Å². The summed E-state index contributed by atoms with van der Waals surface area (Å²) in [5.74, 6) is -0.269. The third kappa shape index (κ3) is 6.48. The summed E-state index contributed by atoms with van der Waals surface area (Å²) in [5.41, 5.74) is 6.04. The molecule has 0 fully saturated rings. The third-order valence-corrected chi connectivity index (χ3v) is 6.27. The van der Waals surface area contributed by atoms with Gasteiger partial charge in [0.25, 0.3) is 5.91 Å². The zero-order valence-corrected chi connectivity index (χ0v) is 20.3. The minimum Gasteiger partial charge on any atom is -0.411 e. The smallest absolute Gasteiger partial charge is 0.268 e. The van der Waals surface area contributed by atoms with Crippen molar-refractivity contribution in [1.29, 1.82) is 0 Å². The van der Waals surface area contributed by atoms with Gasteiger partial charge in [-0.15, -0.1) is 12.4 Å². The number of anilines is 1. The van der Waals surface area contributed by atoms with Gasteiger partial charge in [0, 0.05) is 36.4 Å². The number of carbonyl (C=O) groups excluding carboxylic acids is 1. The van der Waals surface area contributed by atoms with Gasteiger partial charge in [0.1, 0.15) is 6.21 Å². The molecular weight excluding hydrogens is 448 g/mol. The number of oxime groups is 1. The number of carbonyl (C=O) groups is 1. The minimum atomic E-state index is -0.269. The molecule has 0 radical (unpaired) electrons. The fraction of sp³-hybridized carbons (Fsp3) is 0.370. The Morgan fingerprint density at radius 3 is 2.62 bits per heavy atom. The standard InChI is InChI=1S/C27H32N4O2.ClH/c32-26(19-29-33)31(20-21-11-3-1-4-12-21)18-10-2-9-17-28-27-22-13-5-7-15-24(22)30-25-16-8-6-14-23(25)27;/h1,3-5,7,11-13,15,19,33H,2,6,8-10,14,16-18,20H2,(H,28,30);1H/b29-19-;. The number of hydrogen-bond donors (Lipinski definition) is 2. The summed E-state index contributed by atoms with van der Waals surface area (Å²) >= 11 is 0. The van der Waals surface area contributed by atoms with Gasteiger partial charge in [-0.3, -0.25) is 9.78 Å². The topological polar surface area (TPSA) is 77.8 Å². The van der Waals surface area contributed by atoms with Crippen LogP contribution in [0.5, 0.6) is 0 Å². The molecule has 2 aromatic carbocycles. The Morgan fingerprint density at radius 2 is 1.79 bits per heavy atom. The number of nitrogens with one attached hydrogen (secondary N) is 1. The number of pyridine rings is 1. The van der Waals surface area contributed by atoms with Gasteiger partial charge >= 0.3 is 0 Å². The van der Waals surface area contributed by atoms with E-state index in [1.165, 1.54) is 35.2 Å². The molecule has 0 saturated heterocycles. The first kappa shape index (κ1) is 25.5. The molecule has 1 aromatic heterocycles. The molecule has 0 spiro atoms. The van der Waals surface area contributed by atoms with Gasteiger partial charge in [0.2, 0.25) is 0 Å². The number of unbranched alkanes of at least 4 members (excludes halogenated alkanes) is 2. The lowest BCUT2D eigenvalue weighted by atomic mass is 9.92. The minimum absolute atomic E-state index is 0. The highest BCUT2D eigenvalue weighted by molar-refractivity contribution is 6.25. The monoisotopic (exact) mass is 480 g/mol. The summed E-state index contributed by atoms with van der Waals surface area (Å²) in [4.78, 5) is 19.0. The molecule has 0 saturated carbocycles. The van der Waals surface area contributed by atoms with Crippen LogP contribution in [0.25, 0.3) is 10.9 Å². The van der Waals surface area contributed by atoms with Crippen molar-refractivity contribution in [1.82, 2.24) is 9.88 Å². The molecule has 1 aliphatic rings. The molecule has 0 atom stereocenters. The summed E-state index contributed by atoms with van der Waals surface area (Å²) in [6.07, 6.45) is 8.51. The second-order valence-corrected chi connectivity index (χ2v) is 8.61. The first-order chi connectivity index (χ1) is 16.3. The Kier molecular flexibility index (Phi) is 9.71. The molecule has 4 rings (SSSR count). The van der Waals surface area contributed by atoms with Crippen molar-refractivity contribution in [3.63, 3.8) is 0 Å². The van der Waals surface area contributed by atoms with E-state index in [9.17, 15) is 4.79 Å². The summed E-state index contributed by atoms with van der Waals surface area (Å²) < 4.78 is 0. The van der Waals surface area contributed by atoms with Crippen LogP contribution in [0, 0.1) is 0 Å². The van der Waals surface area contributed by atoms with Crippen LogP contribution >= 0.6 is 12.4 Å². The SMILES string of the molecule is Cl.O=C(/C=N\O)N(CCCCCNc1c2c(nc3ccccc13)CCCC2)Cc1ccccc1. The van der Waals surface area contributed by atoms with E-state index in [-0.39, 0.29) is 18.3 Å². The lowest BCUT2D eigenvalue weighted by Crippen LogP contribution is -2.32. The number of amides is 1. The van der Waals surface area contributed by atoms with Crippen LogP contribution in [0.4, 0.5) is 5.69 Å². The Morgan fingerprint density at radius 1 is 1.03 bits per heavy atom. The predicted octanol–water partition coefficient (Wildman–Crippen LogP) is 5.61. The number of rotatable bonds is 10. The van der Waals surface area contributed by atoms with Gasteiger partial charge in [-0.25, -0.2) is 0 Å². The molecule has 0 bridgehead atoms. The van der Waals surface area contributed by atoms with Crippen molar-refractivity contribution in [3.05, 3.63) is 71.4 Å². The number of benzene rings is 2. The number of nitrogens with zero attached hydrogens (tertiary/aromatic N) is 3. The van der Waals surface area contributed by atoms with Gasteiger partial charge in [0.05, 0.1) is 5.52 Å². The Bertz CT molecular complexity index is 1100. The molecule has 2 N–H and O–H groups in total. The maximum absolute atomic E-state index is 12.3. The summed E-state index contributed by atoms with van der Waals surface area (Å²) in [6.45, 7) is 2.04. The summed E-state index contributed by atoms with van der Waals surface area (Å²) in [6, 6.07) is 18.3. The van der Waals surface area contributed by atoms with Crippen LogP contribution in [-0.2, 0) is 24.2 Å². The van der Waals surface area contributed by atoms with Crippen LogP contribution in [0.3, 0.4) is 0 Å². The van der Waals surface area contributed by atoms with E-state index in [4.69, 9.17) is 10.2 Å². The van der Waals surface area contributed by atoms with Gasteiger partial charge in [0.15, 0.2) is 0 Å². The van der Waals surface area contributed by atoms with Crippen molar-refractivity contribution in [2.75, 3.05) is 18.4 Å². The molecule has 6 nitrogen and oxygen atoms in total. The highest BCUT2D eigenvalue weighted by Crippen LogP contribution is 2.33. The van der Waals surface area contributed by atoms with Crippen LogP contribution in [0.1, 0.15) is 48.9 Å². The van der Waals surface area contributed by atoms with Gasteiger partial charge < -0.3 is 15.4 Å². The molecule has 0 aliphatic heterocycles. The van der Waals surface area contributed by atoms with Gasteiger partial charge in [-0.1, -0.05) is 53.7 Å². The van der Waals surface area contributed by atoms with Crippen molar-refractivity contribution in [3.8, 4) is 0 Å². The number of para-hydroxylation sites is 1. The molecule has 34 heavy (non-hydrogen) atoms. The van der Waals surface area contributed by atoms with E-state index < -0.39 is 0 Å². The van der Waals surface area contributed by atoms with Crippen LogP contribution in [-0.4, -0.2) is 40.3 Å². The molecule has 1 amide bonds. The van der Waals surface area contributed by atoms with E-state index in [0.717, 1.165) is 55.9 Å². The van der Waals surface area contributed by atoms with E-state index >= 15 is 0 Å². The fourth-order valence-corrected chi connectivity index (χ4v) is 4.59. The molecule has 1 heterocycles. The van der Waals surface area contributed by atoms with Crippen LogP contribution in [0.15, 0.2) is 59.8 Å². The predicted molar refractivity (Wildman–Crippen MR) is 140 cm³/mol. The van der Waals surface area contributed by atoms with Crippen molar-refractivity contribution in [2.24, 2.45) is 5.16 Å². The first-order valence-electron chi connectivity index (χ1n) is 11.9. The quantitative estimate of drug-likeness (QED) is 0.171. The third-order valence-electron chi connectivity index (χ3n) is 6.27. The maximum Gasteiger partial charge on any atom is 0.268 e. The highest BCUT2D eigenvalue weighted by Gasteiger charge is 2.18. The fourth-order valence-electron chi connectivity index (χ4n) is 4.59. The van der Waals surface area contributed by atoms with Crippen LogP contribution in [0.2, 0.25) is 0 Å². The lowest BCUT2D eigenvalue weighted by molar-refractivity contribution is -0.124. The second-order valence-electron chi connectivity index (χ2n) is 8.61. The van der Waals surface area contributed by atoms with E-state index in [1.807, 2.05) is 30.3 Å². The molecule has 0 unspecified atom stereocenters. The van der Waals surface area contributed by atoms with E-state index in [1.54, 1.807) is 4.90 Å².